The van der Waals surface area contributed by atoms with Gasteiger partial charge in [0, 0.05) is 12.0 Å². The first-order valence-corrected chi connectivity index (χ1v) is 5.97. The van der Waals surface area contributed by atoms with Gasteiger partial charge in [-0.15, -0.1) is 0 Å². The Kier molecular flexibility index (Phi) is 2.59. The van der Waals surface area contributed by atoms with Crippen LogP contribution < -0.4 is 0 Å². The van der Waals surface area contributed by atoms with E-state index in [9.17, 15) is 9.59 Å². The molecule has 2 aromatic rings. The number of carbonyl (C=O) groups excluding carboxylic acids is 2. The first-order chi connectivity index (χ1) is 8.77. The zero-order chi connectivity index (χ0) is 12.5. The Balaban J connectivity index is 1.92. The maximum absolute atomic E-state index is 12.3. The SMILES string of the molecule is O=C(c1ccccc1)[C@@H]1CCc2occc2C1=O. The lowest BCUT2D eigenvalue weighted by Crippen LogP contribution is -2.28. The molecule has 1 atom stereocenters. The molecule has 0 bridgehead atoms. The molecule has 0 spiro atoms. The molecule has 3 nitrogen and oxygen atoms in total. The number of rotatable bonds is 2. The van der Waals surface area contributed by atoms with Gasteiger partial charge in [0.15, 0.2) is 11.6 Å². The van der Waals surface area contributed by atoms with Crippen molar-refractivity contribution in [3.8, 4) is 0 Å². The molecule has 0 saturated carbocycles. The molecule has 1 aromatic carbocycles. The highest BCUT2D eigenvalue weighted by molar-refractivity contribution is 6.16. The Bertz CT molecular complexity index is 595. The van der Waals surface area contributed by atoms with Crippen molar-refractivity contribution in [2.45, 2.75) is 12.8 Å². The van der Waals surface area contributed by atoms with Gasteiger partial charge in [0.25, 0.3) is 0 Å². The fraction of sp³-hybridized carbons (Fsp3) is 0.200. The van der Waals surface area contributed by atoms with E-state index in [-0.39, 0.29) is 11.6 Å². The first kappa shape index (κ1) is 11.0. The predicted octanol–water partition coefficient (Wildman–Crippen LogP) is 2.91. The largest absolute Gasteiger partial charge is 0.469 e. The van der Waals surface area contributed by atoms with E-state index in [0.717, 1.165) is 0 Å². The average Bonchev–Trinajstić information content (AvgIpc) is 2.89. The lowest BCUT2D eigenvalue weighted by atomic mass is 9.82. The number of benzene rings is 1. The molecule has 1 aromatic heterocycles. The van der Waals surface area contributed by atoms with Crippen LogP contribution >= 0.6 is 0 Å². The van der Waals surface area contributed by atoms with Crippen LogP contribution in [-0.4, -0.2) is 11.6 Å². The van der Waals surface area contributed by atoms with Crippen molar-refractivity contribution in [1.82, 2.24) is 0 Å². The van der Waals surface area contributed by atoms with Gasteiger partial charge < -0.3 is 4.42 Å². The molecule has 1 aliphatic carbocycles. The van der Waals surface area contributed by atoms with Crippen molar-refractivity contribution in [2.75, 3.05) is 0 Å². The zero-order valence-corrected chi connectivity index (χ0v) is 9.76. The molecule has 0 aliphatic heterocycles. The molecule has 18 heavy (non-hydrogen) atoms. The molecule has 0 amide bonds. The van der Waals surface area contributed by atoms with Crippen LogP contribution in [-0.2, 0) is 6.42 Å². The van der Waals surface area contributed by atoms with Crippen LogP contribution in [0.15, 0.2) is 47.1 Å². The number of furan rings is 1. The molecule has 0 N–H and O–H groups in total. The van der Waals surface area contributed by atoms with Crippen LogP contribution in [0.25, 0.3) is 0 Å². The average molecular weight is 240 g/mol. The molecule has 0 fully saturated rings. The van der Waals surface area contributed by atoms with Crippen LogP contribution in [0.4, 0.5) is 0 Å². The third-order valence-electron chi connectivity index (χ3n) is 3.36. The topological polar surface area (TPSA) is 47.3 Å². The van der Waals surface area contributed by atoms with Gasteiger partial charge >= 0.3 is 0 Å². The minimum Gasteiger partial charge on any atom is -0.469 e. The van der Waals surface area contributed by atoms with Crippen LogP contribution in [0.3, 0.4) is 0 Å². The highest BCUT2D eigenvalue weighted by atomic mass is 16.3. The van der Waals surface area contributed by atoms with Crippen molar-refractivity contribution in [2.24, 2.45) is 5.92 Å². The van der Waals surface area contributed by atoms with Gasteiger partial charge in [0.2, 0.25) is 0 Å². The number of aryl methyl sites for hydroxylation is 1. The summed E-state index contributed by atoms with van der Waals surface area (Å²) in [5.74, 6) is -0.0547. The van der Waals surface area contributed by atoms with E-state index < -0.39 is 5.92 Å². The Morgan fingerprint density at radius 1 is 1.17 bits per heavy atom. The van der Waals surface area contributed by atoms with Gasteiger partial charge in [-0.2, -0.15) is 0 Å². The third kappa shape index (κ3) is 1.68. The summed E-state index contributed by atoms with van der Waals surface area (Å²) in [6, 6.07) is 10.6. The third-order valence-corrected chi connectivity index (χ3v) is 3.36. The molecule has 0 saturated heterocycles. The normalized spacial score (nSPS) is 18.4. The van der Waals surface area contributed by atoms with Gasteiger partial charge in [0.05, 0.1) is 17.7 Å². The molecule has 3 rings (SSSR count). The summed E-state index contributed by atoms with van der Waals surface area (Å²) in [5.41, 5.74) is 1.17. The molecule has 0 radical (unpaired) electrons. The molecule has 1 heterocycles. The summed E-state index contributed by atoms with van der Waals surface area (Å²) in [6.07, 6.45) is 2.70. The maximum Gasteiger partial charge on any atom is 0.177 e. The highest BCUT2D eigenvalue weighted by Gasteiger charge is 2.34. The van der Waals surface area contributed by atoms with Crippen molar-refractivity contribution in [3.63, 3.8) is 0 Å². The summed E-state index contributed by atoms with van der Waals surface area (Å²) in [6.45, 7) is 0. The minimum absolute atomic E-state index is 0.0903. The molecule has 0 unspecified atom stereocenters. The number of hydrogen-bond acceptors (Lipinski definition) is 3. The second-order valence-electron chi connectivity index (χ2n) is 4.44. The van der Waals surface area contributed by atoms with E-state index in [1.54, 1.807) is 18.2 Å². The second-order valence-corrected chi connectivity index (χ2v) is 4.44. The van der Waals surface area contributed by atoms with E-state index >= 15 is 0 Å². The molecular formula is C15H12O3. The Hall–Kier alpha value is -2.16. The highest BCUT2D eigenvalue weighted by Crippen LogP contribution is 2.28. The summed E-state index contributed by atoms with van der Waals surface area (Å²) >= 11 is 0. The zero-order valence-electron chi connectivity index (χ0n) is 9.76. The maximum atomic E-state index is 12.3. The van der Waals surface area contributed by atoms with Crippen LogP contribution in [0.1, 0.15) is 32.9 Å². The van der Waals surface area contributed by atoms with E-state index in [1.165, 1.54) is 6.26 Å². The number of fused-ring (bicyclic) bond motifs is 1. The molecule has 3 heteroatoms. The lowest BCUT2D eigenvalue weighted by molar-refractivity contribution is 0.0787. The Morgan fingerprint density at radius 2 is 1.94 bits per heavy atom. The van der Waals surface area contributed by atoms with Crippen molar-refractivity contribution in [3.05, 3.63) is 59.5 Å². The summed E-state index contributed by atoms with van der Waals surface area (Å²) < 4.78 is 5.23. The van der Waals surface area contributed by atoms with Crippen LogP contribution in [0, 0.1) is 5.92 Å². The Morgan fingerprint density at radius 3 is 2.72 bits per heavy atom. The van der Waals surface area contributed by atoms with E-state index in [4.69, 9.17) is 4.42 Å². The summed E-state index contributed by atoms with van der Waals surface area (Å²) in [7, 11) is 0. The summed E-state index contributed by atoms with van der Waals surface area (Å²) in [4.78, 5) is 24.5. The van der Waals surface area contributed by atoms with Crippen LogP contribution in [0.5, 0.6) is 0 Å². The fourth-order valence-corrected chi connectivity index (χ4v) is 2.40. The van der Waals surface area contributed by atoms with Crippen molar-refractivity contribution >= 4 is 11.6 Å². The van der Waals surface area contributed by atoms with Gasteiger partial charge in [-0.1, -0.05) is 30.3 Å². The van der Waals surface area contributed by atoms with Gasteiger partial charge in [-0.3, -0.25) is 9.59 Å². The van der Waals surface area contributed by atoms with Crippen molar-refractivity contribution < 1.29 is 14.0 Å². The number of hydrogen-bond donors (Lipinski definition) is 0. The smallest absolute Gasteiger partial charge is 0.177 e. The van der Waals surface area contributed by atoms with Gasteiger partial charge in [-0.05, 0) is 12.5 Å². The summed E-state index contributed by atoms with van der Waals surface area (Å²) in [5, 5.41) is 0. The first-order valence-electron chi connectivity index (χ1n) is 5.97. The quantitative estimate of drug-likeness (QED) is 0.599. The van der Waals surface area contributed by atoms with Crippen molar-refractivity contribution in [1.29, 1.82) is 0 Å². The molecule has 90 valence electrons. The van der Waals surface area contributed by atoms with Crippen LogP contribution in [0.2, 0.25) is 0 Å². The van der Waals surface area contributed by atoms with E-state index in [0.29, 0.717) is 29.7 Å². The number of carbonyl (C=O) groups is 2. The van der Waals surface area contributed by atoms with Gasteiger partial charge in [-0.25, -0.2) is 0 Å². The van der Waals surface area contributed by atoms with Gasteiger partial charge in [0.1, 0.15) is 5.76 Å². The predicted molar refractivity (Wildman–Crippen MR) is 65.6 cm³/mol. The van der Waals surface area contributed by atoms with E-state index in [2.05, 4.69) is 0 Å². The fourth-order valence-electron chi connectivity index (χ4n) is 2.40. The Labute approximate surface area is 104 Å². The number of Topliss-reactive ketones (excluding diaryl/α,β-unsaturated/α-hetero) is 2. The molecule has 1 aliphatic rings. The standard InChI is InChI=1S/C15H12O3/c16-14(10-4-2-1-3-5-10)12-6-7-13-11(15(12)17)8-9-18-13/h1-5,8-9,12H,6-7H2/t12-/m0/s1. The number of ketones is 2. The monoisotopic (exact) mass is 240 g/mol. The minimum atomic E-state index is -0.558. The lowest BCUT2D eigenvalue weighted by Gasteiger charge is -2.18. The molecular weight excluding hydrogens is 228 g/mol. The van der Waals surface area contributed by atoms with E-state index in [1.807, 2.05) is 18.2 Å². The second kappa shape index (κ2) is 4.26.